The molecule has 0 saturated heterocycles. The lowest BCUT2D eigenvalue weighted by molar-refractivity contribution is -0.148. The number of ketones is 1. The summed E-state index contributed by atoms with van der Waals surface area (Å²) < 4.78 is 7.51. The molecule has 3 rings (SSSR count). The molecular weight excluding hydrogens is 368 g/mol. The van der Waals surface area contributed by atoms with E-state index in [2.05, 4.69) is 16.8 Å². The molecule has 0 bridgehead atoms. The fourth-order valence-corrected chi connectivity index (χ4v) is 3.42. The van der Waals surface area contributed by atoms with Crippen molar-refractivity contribution in [1.82, 2.24) is 4.57 Å². The molecule has 1 N–H and O–H groups in total. The van der Waals surface area contributed by atoms with Crippen LogP contribution < -0.4 is 5.32 Å². The maximum Gasteiger partial charge on any atom is 0.331 e. The molecule has 1 aromatic carbocycles. The predicted octanol–water partition coefficient (Wildman–Crippen LogP) is 4.23. The highest BCUT2D eigenvalue weighted by molar-refractivity contribution is 6.05. The molecule has 1 aliphatic rings. The zero-order valence-corrected chi connectivity index (χ0v) is 17.2. The molecule has 6 heteroatoms. The molecule has 0 aliphatic heterocycles. The number of aryl methyl sites for hydroxylation is 1. The topological polar surface area (TPSA) is 77.4 Å². The minimum absolute atomic E-state index is 0.155. The van der Waals surface area contributed by atoms with E-state index in [9.17, 15) is 14.4 Å². The lowest BCUT2D eigenvalue weighted by Crippen LogP contribution is -2.30. The first-order valence-corrected chi connectivity index (χ1v) is 9.76. The number of carbonyl (C=O) groups is 3. The summed E-state index contributed by atoms with van der Waals surface area (Å²) in [7, 11) is 0. The highest BCUT2D eigenvalue weighted by Gasteiger charge is 2.26. The van der Waals surface area contributed by atoms with Gasteiger partial charge in [-0.15, -0.1) is 0 Å². The second-order valence-corrected chi connectivity index (χ2v) is 7.43. The number of esters is 1. The lowest BCUT2D eigenvalue weighted by atomic mass is 10.1. The molecule has 0 spiro atoms. The van der Waals surface area contributed by atoms with Crippen molar-refractivity contribution < 1.29 is 19.1 Å². The number of aromatic nitrogens is 1. The van der Waals surface area contributed by atoms with Gasteiger partial charge < -0.3 is 14.6 Å². The highest BCUT2D eigenvalue weighted by atomic mass is 16.5. The quantitative estimate of drug-likeness (QED) is 0.433. The number of hydrogen-bond donors (Lipinski definition) is 1. The van der Waals surface area contributed by atoms with Gasteiger partial charge in [0.2, 0.25) is 0 Å². The Morgan fingerprint density at radius 3 is 2.55 bits per heavy atom. The second kappa shape index (κ2) is 8.47. The summed E-state index contributed by atoms with van der Waals surface area (Å²) >= 11 is 0. The van der Waals surface area contributed by atoms with Crippen LogP contribution in [0.3, 0.4) is 0 Å². The van der Waals surface area contributed by atoms with E-state index in [0.29, 0.717) is 17.3 Å². The molecule has 1 heterocycles. The molecule has 29 heavy (non-hydrogen) atoms. The fraction of sp³-hybridized carbons (Fsp3) is 0.348. The summed E-state index contributed by atoms with van der Waals surface area (Å²) in [6.07, 6.45) is 4.46. The molecule has 1 aromatic heterocycles. The van der Waals surface area contributed by atoms with Gasteiger partial charge >= 0.3 is 5.97 Å². The normalized spacial score (nSPS) is 14.6. The first-order valence-electron chi connectivity index (χ1n) is 9.76. The Hall–Kier alpha value is -3.15. The van der Waals surface area contributed by atoms with E-state index < -0.39 is 18.0 Å². The largest absolute Gasteiger partial charge is 0.449 e. The Kier molecular flexibility index (Phi) is 6.01. The van der Waals surface area contributed by atoms with Gasteiger partial charge in [-0.25, -0.2) is 4.79 Å². The van der Waals surface area contributed by atoms with Crippen LogP contribution in [-0.4, -0.2) is 28.3 Å². The van der Waals surface area contributed by atoms with Crippen molar-refractivity contribution in [2.45, 2.75) is 52.7 Å². The minimum atomic E-state index is -0.994. The van der Waals surface area contributed by atoms with Gasteiger partial charge in [-0.05, 0) is 70.4 Å². The first-order chi connectivity index (χ1) is 13.8. The Labute approximate surface area is 170 Å². The predicted molar refractivity (Wildman–Crippen MR) is 112 cm³/mol. The maximum absolute atomic E-state index is 12.4. The summed E-state index contributed by atoms with van der Waals surface area (Å²) in [6.45, 7) is 7.03. The van der Waals surface area contributed by atoms with Gasteiger partial charge in [-0.1, -0.05) is 12.1 Å². The van der Waals surface area contributed by atoms with Gasteiger partial charge in [0.1, 0.15) is 0 Å². The average Bonchev–Trinajstić information content (AvgIpc) is 3.45. The highest BCUT2D eigenvalue weighted by Crippen LogP contribution is 2.38. The number of carbonyl (C=O) groups excluding carboxylic acids is 3. The molecule has 2 aromatic rings. The summed E-state index contributed by atoms with van der Waals surface area (Å²) in [4.78, 5) is 36.2. The molecule has 1 atom stereocenters. The standard InChI is InChI=1S/C23H26N2O4/c1-14-13-18(15(2)25(14)19-10-11-19)9-12-22(27)29-17(4)23(28)24-21-8-6-5-7-20(21)16(3)26/h5-9,12-13,17,19H,10-11H2,1-4H3,(H,24,28)/b12-9+/t17-/m1/s1. The van der Waals surface area contributed by atoms with E-state index in [1.807, 2.05) is 13.0 Å². The Morgan fingerprint density at radius 2 is 1.90 bits per heavy atom. The molecule has 6 nitrogen and oxygen atoms in total. The Balaban J connectivity index is 1.60. The SMILES string of the molecule is CC(=O)c1ccccc1NC(=O)[C@@H](C)OC(=O)/C=C/c1cc(C)n(C2CC2)c1C. The molecule has 1 amide bonds. The fourth-order valence-electron chi connectivity index (χ4n) is 3.42. The van der Waals surface area contributed by atoms with Crippen molar-refractivity contribution >= 4 is 29.4 Å². The van der Waals surface area contributed by atoms with Crippen molar-refractivity contribution in [3.63, 3.8) is 0 Å². The van der Waals surface area contributed by atoms with Gasteiger partial charge in [0.05, 0.1) is 5.69 Å². The summed E-state index contributed by atoms with van der Waals surface area (Å²) in [5, 5.41) is 2.65. The number of nitrogens with one attached hydrogen (secondary N) is 1. The Morgan fingerprint density at radius 1 is 1.21 bits per heavy atom. The number of anilines is 1. The maximum atomic E-state index is 12.4. The summed E-state index contributed by atoms with van der Waals surface area (Å²) in [6, 6.07) is 9.34. The third kappa shape index (κ3) is 4.83. The number of ether oxygens (including phenoxy) is 1. The number of hydrogen-bond acceptors (Lipinski definition) is 4. The van der Waals surface area contributed by atoms with Crippen LogP contribution in [0.15, 0.2) is 36.4 Å². The van der Waals surface area contributed by atoms with E-state index in [1.54, 1.807) is 30.3 Å². The Bertz CT molecular complexity index is 983. The van der Waals surface area contributed by atoms with Crippen LogP contribution in [0.5, 0.6) is 0 Å². The minimum Gasteiger partial charge on any atom is -0.449 e. The van der Waals surface area contributed by atoms with E-state index in [4.69, 9.17) is 4.74 Å². The monoisotopic (exact) mass is 394 g/mol. The van der Waals surface area contributed by atoms with Gasteiger partial charge in [0, 0.05) is 29.1 Å². The first kappa shape index (κ1) is 20.6. The van der Waals surface area contributed by atoms with E-state index in [1.165, 1.54) is 38.5 Å². The number of amides is 1. The van der Waals surface area contributed by atoms with Gasteiger partial charge in [-0.2, -0.15) is 0 Å². The van der Waals surface area contributed by atoms with Crippen molar-refractivity contribution in [3.05, 3.63) is 58.9 Å². The van der Waals surface area contributed by atoms with Gasteiger partial charge in [0.25, 0.3) is 5.91 Å². The zero-order chi connectivity index (χ0) is 21.1. The summed E-state index contributed by atoms with van der Waals surface area (Å²) in [5.41, 5.74) is 4.08. The number of Topliss-reactive ketones (excluding diaryl/α,β-unsaturated/α-hetero) is 1. The van der Waals surface area contributed by atoms with Gasteiger partial charge in [-0.3, -0.25) is 9.59 Å². The van der Waals surface area contributed by atoms with Crippen molar-refractivity contribution in [2.24, 2.45) is 0 Å². The van der Waals surface area contributed by atoms with E-state index in [0.717, 1.165) is 11.3 Å². The number of rotatable bonds is 7. The van der Waals surface area contributed by atoms with Crippen LogP contribution in [0.2, 0.25) is 0 Å². The molecule has 1 saturated carbocycles. The van der Waals surface area contributed by atoms with Crippen molar-refractivity contribution in [2.75, 3.05) is 5.32 Å². The smallest absolute Gasteiger partial charge is 0.331 e. The zero-order valence-electron chi connectivity index (χ0n) is 17.2. The molecule has 0 unspecified atom stereocenters. The van der Waals surface area contributed by atoms with E-state index >= 15 is 0 Å². The van der Waals surface area contributed by atoms with Gasteiger partial charge in [0.15, 0.2) is 11.9 Å². The van der Waals surface area contributed by atoms with Crippen molar-refractivity contribution in [3.8, 4) is 0 Å². The van der Waals surface area contributed by atoms with Crippen LogP contribution in [0.25, 0.3) is 6.08 Å². The number of nitrogens with zero attached hydrogens (tertiary/aromatic N) is 1. The van der Waals surface area contributed by atoms with Crippen LogP contribution in [-0.2, 0) is 14.3 Å². The molecule has 152 valence electrons. The second-order valence-electron chi connectivity index (χ2n) is 7.43. The van der Waals surface area contributed by atoms with Crippen LogP contribution in [0, 0.1) is 13.8 Å². The number of benzene rings is 1. The van der Waals surface area contributed by atoms with Crippen LogP contribution in [0.1, 0.15) is 60.0 Å². The van der Waals surface area contributed by atoms with E-state index in [-0.39, 0.29) is 5.78 Å². The molecule has 1 aliphatic carbocycles. The molecular formula is C23H26N2O4. The van der Waals surface area contributed by atoms with Crippen LogP contribution >= 0.6 is 0 Å². The molecule has 1 fully saturated rings. The average molecular weight is 394 g/mol. The van der Waals surface area contributed by atoms with Crippen LogP contribution in [0.4, 0.5) is 5.69 Å². The molecule has 0 radical (unpaired) electrons. The number of para-hydroxylation sites is 1. The summed E-state index contributed by atoms with van der Waals surface area (Å²) in [5.74, 6) is -1.24. The third-order valence-electron chi connectivity index (χ3n) is 5.06. The third-order valence-corrected chi connectivity index (χ3v) is 5.06. The lowest BCUT2D eigenvalue weighted by Gasteiger charge is -2.14. The van der Waals surface area contributed by atoms with Crippen molar-refractivity contribution in [1.29, 1.82) is 0 Å².